The molecule has 0 aliphatic carbocycles. The van der Waals surface area contributed by atoms with Gasteiger partial charge in [-0.1, -0.05) is 86.4 Å². The van der Waals surface area contributed by atoms with E-state index in [1.54, 1.807) is 6.20 Å². The Morgan fingerprint density at radius 3 is 2.27 bits per heavy atom. The molecule has 3 nitrogen and oxygen atoms in total. The third-order valence-corrected chi connectivity index (χ3v) is 8.65. The summed E-state index contributed by atoms with van der Waals surface area (Å²) < 4.78 is 6.35. The minimum atomic E-state index is -1.55. The molecule has 5 heteroatoms. The van der Waals surface area contributed by atoms with Gasteiger partial charge in [-0.2, -0.15) is 0 Å². The Morgan fingerprint density at radius 1 is 0.825 bits per heavy atom. The van der Waals surface area contributed by atoms with Gasteiger partial charge in [-0.15, -0.1) is 53.2 Å². The van der Waals surface area contributed by atoms with Gasteiger partial charge in [-0.05, 0) is 41.9 Å². The van der Waals surface area contributed by atoms with E-state index < -0.39 is 8.07 Å². The summed E-state index contributed by atoms with van der Waals surface area (Å²) in [7, 11) is -1.55. The van der Waals surface area contributed by atoms with Crippen molar-refractivity contribution in [2.45, 2.75) is 39.9 Å². The number of aromatic nitrogens is 2. The minimum absolute atomic E-state index is 0. The first-order valence-corrected chi connectivity index (χ1v) is 17.0. The first-order valence-electron chi connectivity index (χ1n) is 13.5. The second-order valence-electron chi connectivity index (χ2n) is 11.3. The molecule has 3 aromatic carbocycles. The van der Waals surface area contributed by atoms with Crippen LogP contribution in [0.25, 0.3) is 44.5 Å². The SMILES string of the molecule is CC(C)Cc1ccnc(-c2[c-]cc([Si](C)(C)C)c3c2oc2ccccc23)c1.[Ir].[c-]1ccccc1-c1ccccn1. The van der Waals surface area contributed by atoms with Crippen molar-refractivity contribution in [3.05, 3.63) is 115 Å². The van der Waals surface area contributed by atoms with Crippen LogP contribution in [0.4, 0.5) is 0 Å². The van der Waals surface area contributed by atoms with Crippen LogP contribution < -0.4 is 5.19 Å². The fourth-order valence-electron chi connectivity index (χ4n) is 4.84. The van der Waals surface area contributed by atoms with Gasteiger partial charge in [0.1, 0.15) is 5.58 Å². The van der Waals surface area contributed by atoms with Crippen molar-refractivity contribution < 1.29 is 24.5 Å². The zero-order chi connectivity index (χ0) is 27.4. The van der Waals surface area contributed by atoms with Crippen LogP contribution in [0.15, 0.2) is 102 Å². The number of nitrogens with zero attached hydrogens (tertiary/aromatic N) is 2. The molecule has 3 aromatic heterocycles. The van der Waals surface area contributed by atoms with E-state index in [1.165, 1.54) is 21.5 Å². The molecule has 40 heavy (non-hydrogen) atoms. The normalized spacial score (nSPS) is 11.2. The topological polar surface area (TPSA) is 38.9 Å². The molecule has 6 aromatic rings. The molecule has 0 unspecified atom stereocenters. The maximum Gasteiger partial charge on any atom is 0.120 e. The third-order valence-electron chi connectivity index (χ3n) is 6.64. The molecule has 205 valence electrons. The molecular formula is C35H34IrN2OSi-2. The van der Waals surface area contributed by atoms with Gasteiger partial charge in [0, 0.05) is 46.0 Å². The smallest absolute Gasteiger partial charge is 0.120 e. The van der Waals surface area contributed by atoms with Crippen LogP contribution in [0.3, 0.4) is 0 Å². The Balaban J connectivity index is 0.000000238. The van der Waals surface area contributed by atoms with E-state index in [-0.39, 0.29) is 20.1 Å². The summed E-state index contributed by atoms with van der Waals surface area (Å²) >= 11 is 0. The van der Waals surface area contributed by atoms with E-state index in [0.29, 0.717) is 5.92 Å². The van der Waals surface area contributed by atoms with Crippen LogP contribution >= 0.6 is 0 Å². The van der Waals surface area contributed by atoms with E-state index in [0.717, 1.165) is 40.1 Å². The molecular weight excluding hydrogens is 685 g/mol. The molecule has 0 atom stereocenters. The average Bonchev–Trinajstić information content (AvgIpc) is 3.33. The van der Waals surface area contributed by atoms with Crippen molar-refractivity contribution in [2.75, 3.05) is 0 Å². The van der Waals surface area contributed by atoms with Crippen LogP contribution in [0.5, 0.6) is 0 Å². The zero-order valence-corrected chi connectivity index (χ0v) is 27.1. The Hall–Kier alpha value is -3.37. The van der Waals surface area contributed by atoms with E-state index in [2.05, 4.69) is 92.0 Å². The molecule has 0 spiro atoms. The van der Waals surface area contributed by atoms with E-state index in [4.69, 9.17) is 4.42 Å². The predicted octanol–water partition coefficient (Wildman–Crippen LogP) is 8.74. The van der Waals surface area contributed by atoms with Crippen molar-refractivity contribution in [2.24, 2.45) is 5.92 Å². The molecule has 0 amide bonds. The molecule has 0 aliphatic rings. The van der Waals surface area contributed by atoms with Crippen LogP contribution in [-0.4, -0.2) is 18.0 Å². The van der Waals surface area contributed by atoms with Crippen molar-refractivity contribution in [1.82, 2.24) is 9.97 Å². The zero-order valence-electron chi connectivity index (χ0n) is 23.7. The van der Waals surface area contributed by atoms with E-state index in [1.807, 2.05) is 54.7 Å². The molecule has 0 aliphatic heterocycles. The fraction of sp³-hybridized carbons (Fsp3) is 0.200. The summed E-state index contributed by atoms with van der Waals surface area (Å²) in [6, 6.07) is 35.2. The van der Waals surface area contributed by atoms with Gasteiger partial charge in [0.15, 0.2) is 0 Å². The van der Waals surface area contributed by atoms with Gasteiger partial charge in [0.25, 0.3) is 0 Å². The predicted molar refractivity (Wildman–Crippen MR) is 166 cm³/mol. The second kappa shape index (κ2) is 12.9. The van der Waals surface area contributed by atoms with Crippen LogP contribution in [0.2, 0.25) is 19.6 Å². The number of para-hydroxylation sites is 1. The molecule has 0 saturated carbocycles. The summed E-state index contributed by atoms with van der Waals surface area (Å²) in [5.41, 5.74) is 7.09. The molecule has 0 saturated heterocycles. The Bertz CT molecular complexity index is 1650. The number of furan rings is 1. The second-order valence-corrected chi connectivity index (χ2v) is 16.3. The first kappa shape index (κ1) is 29.6. The van der Waals surface area contributed by atoms with Gasteiger partial charge in [0.2, 0.25) is 0 Å². The van der Waals surface area contributed by atoms with E-state index >= 15 is 0 Å². The Kier molecular flexibility index (Phi) is 9.52. The van der Waals surface area contributed by atoms with Crippen LogP contribution in [0, 0.1) is 18.1 Å². The summed E-state index contributed by atoms with van der Waals surface area (Å²) in [5, 5.41) is 3.83. The summed E-state index contributed by atoms with van der Waals surface area (Å²) in [6.07, 6.45) is 4.74. The maximum absolute atomic E-state index is 6.35. The third kappa shape index (κ3) is 6.67. The number of hydrogen-bond acceptors (Lipinski definition) is 3. The summed E-state index contributed by atoms with van der Waals surface area (Å²) in [6.45, 7) is 11.6. The van der Waals surface area contributed by atoms with Gasteiger partial charge in [0.05, 0.1) is 5.58 Å². The molecule has 0 N–H and O–H groups in total. The quantitative estimate of drug-likeness (QED) is 0.132. The Morgan fingerprint density at radius 2 is 1.57 bits per heavy atom. The van der Waals surface area contributed by atoms with Crippen molar-refractivity contribution in [3.63, 3.8) is 0 Å². The summed E-state index contributed by atoms with van der Waals surface area (Å²) in [5.74, 6) is 0.615. The first-order chi connectivity index (χ1) is 18.8. The van der Waals surface area contributed by atoms with Crippen molar-refractivity contribution >= 4 is 35.2 Å². The summed E-state index contributed by atoms with van der Waals surface area (Å²) in [4.78, 5) is 8.87. The monoisotopic (exact) mass is 719 g/mol. The molecule has 0 fully saturated rings. The van der Waals surface area contributed by atoms with Gasteiger partial charge in [-0.3, -0.25) is 0 Å². The molecule has 1 radical (unpaired) electrons. The van der Waals surface area contributed by atoms with Crippen molar-refractivity contribution in [3.8, 4) is 22.5 Å². The number of rotatable bonds is 5. The number of hydrogen-bond donors (Lipinski definition) is 0. The van der Waals surface area contributed by atoms with Crippen LogP contribution in [0.1, 0.15) is 19.4 Å². The average molecular weight is 719 g/mol. The molecule has 6 rings (SSSR count). The standard InChI is InChI=1S/C24H26NOSi.C11H8N.Ir/c1-16(2)14-17-12-13-25-20(15-17)18-10-11-22(27(3,4)5)23-19-8-6-7-9-21(19)26-24(18)23;1-2-6-10(7-3-1)11-8-4-5-9-12-11;/h6-9,11-13,15-16H,14H2,1-5H3;1-6,8-9H;/q2*-1;. The van der Waals surface area contributed by atoms with Gasteiger partial charge in [-0.25, -0.2) is 0 Å². The molecule has 0 bridgehead atoms. The fourth-order valence-corrected chi connectivity index (χ4v) is 6.34. The van der Waals surface area contributed by atoms with Gasteiger partial charge < -0.3 is 14.4 Å². The van der Waals surface area contributed by atoms with Gasteiger partial charge >= 0.3 is 0 Å². The largest absolute Gasteiger partial charge is 0.501 e. The molecule has 3 heterocycles. The van der Waals surface area contributed by atoms with Crippen molar-refractivity contribution in [1.29, 1.82) is 0 Å². The maximum atomic E-state index is 6.35. The Labute approximate surface area is 252 Å². The van der Waals surface area contributed by atoms with Crippen LogP contribution in [-0.2, 0) is 26.5 Å². The number of pyridine rings is 2. The van der Waals surface area contributed by atoms with E-state index in [9.17, 15) is 0 Å². The number of benzene rings is 3. The minimum Gasteiger partial charge on any atom is -0.501 e. The number of fused-ring (bicyclic) bond motifs is 3.